The Bertz CT molecular complexity index is 255. The summed E-state index contributed by atoms with van der Waals surface area (Å²) in [4.78, 5) is 0. The molecule has 78 valence electrons. The van der Waals surface area contributed by atoms with E-state index in [1.807, 2.05) is 0 Å². The topological polar surface area (TPSA) is 12.0 Å². The molecule has 0 unspecified atom stereocenters. The molecule has 1 heteroatoms. The summed E-state index contributed by atoms with van der Waals surface area (Å²) in [6, 6.07) is 8.75. The third-order valence-electron chi connectivity index (χ3n) is 2.33. The molecule has 1 aromatic rings. The number of benzene rings is 1. The summed E-state index contributed by atoms with van der Waals surface area (Å²) in [5.41, 5.74) is 2.71. The van der Waals surface area contributed by atoms with Gasteiger partial charge < -0.3 is 5.32 Å². The number of aryl methyl sites for hydroxylation is 1. The van der Waals surface area contributed by atoms with Gasteiger partial charge in [0.2, 0.25) is 0 Å². The van der Waals surface area contributed by atoms with Gasteiger partial charge in [0, 0.05) is 12.2 Å². The van der Waals surface area contributed by atoms with Crippen molar-refractivity contribution < 1.29 is 0 Å². The first-order chi connectivity index (χ1) is 6.86. The monoisotopic (exact) mass is 191 g/mol. The Morgan fingerprint density at radius 1 is 1.14 bits per heavy atom. The molecule has 0 amide bonds. The summed E-state index contributed by atoms with van der Waals surface area (Å²) in [6.45, 7) is 5.53. The van der Waals surface area contributed by atoms with Crippen LogP contribution < -0.4 is 5.32 Å². The van der Waals surface area contributed by atoms with Crippen molar-refractivity contribution in [1.82, 2.24) is 0 Å². The van der Waals surface area contributed by atoms with Gasteiger partial charge in [-0.1, -0.05) is 38.8 Å². The minimum Gasteiger partial charge on any atom is -0.385 e. The zero-order valence-corrected chi connectivity index (χ0v) is 9.34. The van der Waals surface area contributed by atoms with E-state index in [4.69, 9.17) is 0 Å². The Hall–Kier alpha value is -0.980. The third kappa shape index (κ3) is 3.82. The van der Waals surface area contributed by atoms with E-state index in [9.17, 15) is 0 Å². The van der Waals surface area contributed by atoms with E-state index in [0.29, 0.717) is 0 Å². The zero-order chi connectivity index (χ0) is 10.2. The maximum Gasteiger partial charge on any atom is 0.0342 e. The number of hydrogen-bond donors (Lipinski definition) is 1. The molecule has 0 aliphatic heterocycles. The molecule has 0 saturated heterocycles. The molecule has 1 nitrogen and oxygen atoms in total. The minimum absolute atomic E-state index is 1.09. The fourth-order valence-corrected chi connectivity index (χ4v) is 1.53. The smallest absolute Gasteiger partial charge is 0.0342 e. The Labute approximate surface area is 87.5 Å². The average Bonchev–Trinajstić information content (AvgIpc) is 2.19. The highest BCUT2D eigenvalue weighted by molar-refractivity contribution is 5.45. The molecule has 0 atom stereocenters. The van der Waals surface area contributed by atoms with Crippen LogP contribution in [0.3, 0.4) is 0 Å². The number of hydrogen-bond acceptors (Lipinski definition) is 1. The second kappa shape index (κ2) is 6.47. The van der Waals surface area contributed by atoms with Crippen LogP contribution in [0.2, 0.25) is 0 Å². The van der Waals surface area contributed by atoms with Crippen molar-refractivity contribution in [3.8, 4) is 0 Å². The summed E-state index contributed by atoms with van der Waals surface area (Å²) < 4.78 is 0. The van der Waals surface area contributed by atoms with Gasteiger partial charge in [-0.3, -0.25) is 0 Å². The highest BCUT2D eigenvalue weighted by atomic mass is 14.9. The van der Waals surface area contributed by atoms with Crippen LogP contribution >= 0.6 is 0 Å². The van der Waals surface area contributed by atoms with Gasteiger partial charge in [0.05, 0.1) is 0 Å². The molecule has 0 aliphatic rings. The van der Waals surface area contributed by atoms with Crippen LogP contribution in [0.15, 0.2) is 24.3 Å². The molecule has 0 heterocycles. The van der Waals surface area contributed by atoms with Crippen LogP contribution in [0.25, 0.3) is 0 Å². The molecule has 0 radical (unpaired) electrons. The summed E-state index contributed by atoms with van der Waals surface area (Å²) >= 11 is 0. The maximum absolute atomic E-state index is 3.44. The fourth-order valence-electron chi connectivity index (χ4n) is 1.53. The van der Waals surface area contributed by atoms with E-state index >= 15 is 0 Å². The van der Waals surface area contributed by atoms with Gasteiger partial charge in [0.1, 0.15) is 0 Å². The SMILES string of the molecule is CCCCNc1cccc(CCC)c1. The summed E-state index contributed by atoms with van der Waals surface area (Å²) in [7, 11) is 0. The first kappa shape index (κ1) is 11.1. The minimum atomic E-state index is 1.09. The molecular weight excluding hydrogens is 170 g/mol. The Kier molecular flexibility index (Phi) is 5.13. The maximum atomic E-state index is 3.44. The Morgan fingerprint density at radius 2 is 2.00 bits per heavy atom. The predicted molar refractivity (Wildman–Crippen MR) is 63.8 cm³/mol. The zero-order valence-electron chi connectivity index (χ0n) is 9.34. The quantitative estimate of drug-likeness (QED) is 0.673. The van der Waals surface area contributed by atoms with E-state index in [-0.39, 0.29) is 0 Å². The first-order valence-electron chi connectivity index (χ1n) is 5.69. The number of nitrogens with one attached hydrogen (secondary N) is 1. The lowest BCUT2D eigenvalue weighted by Gasteiger charge is -2.07. The molecular formula is C13H21N. The molecule has 14 heavy (non-hydrogen) atoms. The van der Waals surface area contributed by atoms with Crippen LogP contribution in [0, 0.1) is 0 Å². The molecule has 0 aromatic heterocycles. The normalized spacial score (nSPS) is 10.1. The van der Waals surface area contributed by atoms with Gasteiger partial charge >= 0.3 is 0 Å². The predicted octanol–water partition coefficient (Wildman–Crippen LogP) is 3.85. The molecule has 0 bridgehead atoms. The lowest BCUT2D eigenvalue weighted by atomic mass is 10.1. The van der Waals surface area contributed by atoms with Crippen molar-refractivity contribution in [3.05, 3.63) is 29.8 Å². The highest BCUT2D eigenvalue weighted by Gasteiger charge is 1.94. The Morgan fingerprint density at radius 3 is 2.71 bits per heavy atom. The van der Waals surface area contributed by atoms with Crippen LogP contribution in [0.1, 0.15) is 38.7 Å². The second-order valence-electron chi connectivity index (χ2n) is 3.73. The lowest BCUT2D eigenvalue weighted by molar-refractivity contribution is 0.834. The van der Waals surface area contributed by atoms with Gasteiger partial charge in [-0.05, 0) is 30.5 Å². The first-order valence-corrected chi connectivity index (χ1v) is 5.69. The number of rotatable bonds is 6. The van der Waals surface area contributed by atoms with Gasteiger partial charge in [0.25, 0.3) is 0 Å². The second-order valence-corrected chi connectivity index (χ2v) is 3.73. The van der Waals surface area contributed by atoms with Crippen molar-refractivity contribution in [2.45, 2.75) is 39.5 Å². The van der Waals surface area contributed by atoms with Crippen molar-refractivity contribution in [1.29, 1.82) is 0 Å². The van der Waals surface area contributed by atoms with Crippen molar-refractivity contribution in [2.75, 3.05) is 11.9 Å². The largest absolute Gasteiger partial charge is 0.385 e. The number of anilines is 1. The van der Waals surface area contributed by atoms with Crippen molar-refractivity contribution in [3.63, 3.8) is 0 Å². The molecule has 1 aromatic carbocycles. The van der Waals surface area contributed by atoms with E-state index < -0.39 is 0 Å². The van der Waals surface area contributed by atoms with E-state index in [1.165, 1.54) is 36.9 Å². The fraction of sp³-hybridized carbons (Fsp3) is 0.538. The van der Waals surface area contributed by atoms with Gasteiger partial charge in [0.15, 0.2) is 0 Å². The van der Waals surface area contributed by atoms with Gasteiger partial charge in [-0.2, -0.15) is 0 Å². The molecule has 0 saturated carbocycles. The summed E-state index contributed by atoms with van der Waals surface area (Å²) in [5, 5.41) is 3.44. The number of unbranched alkanes of at least 4 members (excludes halogenated alkanes) is 1. The average molecular weight is 191 g/mol. The summed E-state index contributed by atoms with van der Waals surface area (Å²) in [6.07, 6.45) is 4.90. The van der Waals surface area contributed by atoms with Crippen LogP contribution in [-0.2, 0) is 6.42 Å². The molecule has 1 N–H and O–H groups in total. The molecule has 1 rings (SSSR count). The molecule has 0 spiro atoms. The van der Waals surface area contributed by atoms with E-state index in [2.05, 4.69) is 43.4 Å². The van der Waals surface area contributed by atoms with Crippen LogP contribution in [-0.4, -0.2) is 6.54 Å². The highest BCUT2D eigenvalue weighted by Crippen LogP contribution is 2.12. The Balaban J connectivity index is 2.46. The summed E-state index contributed by atoms with van der Waals surface area (Å²) in [5.74, 6) is 0. The third-order valence-corrected chi connectivity index (χ3v) is 2.33. The van der Waals surface area contributed by atoms with E-state index in [0.717, 1.165) is 6.54 Å². The van der Waals surface area contributed by atoms with Gasteiger partial charge in [-0.15, -0.1) is 0 Å². The molecule has 0 aliphatic carbocycles. The van der Waals surface area contributed by atoms with E-state index in [1.54, 1.807) is 0 Å². The van der Waals surface area contributed by atoms with Crippen LogP contribution in [0.4, 0.5) is 5.69 Å². The standard InChI is InChI=1S/C13H21N/c1-3-5-10-14-13-9-6-8-12(11-13)7-4-2/h6,8-9,11,14H,3-5,7,10H2,1-2H3. The van der Waals surface area contributed by atoms with Crippen molar-refractivity contribution >= 4 is 5.69 Å². The van der Waals surface area contributed by atoms with Crippen LogP contribution in [0.5, 0.6) is 0 Å². The molecule has 0 fully saturated rings. The van der Waals surface area contributed by atoms with Crippen molar-refractivity contribution in [2.24, 2.45) is 0 Å². The van der Waals surface area contributed by atoms with Gasteiger partial charge in [-0.25, -0.2) is 0 Å². The lowest BCUT2D eigenvalue weighted by Crippen LogP contribution is -2.00.